The number of rotatable bonds is 11. The summed E-state index contributed by atoms with van der Waals surface area (Å²) in [5.41, 5.74) is -0.551. The van der Waals surface area contributed by atoms with Gasteiger partial charge in [0.1, 0.15) is 5.54 Å². The number of unbranched alkanes of at least 4 members (excludes halogenated alkanes) is 1. The van der Waals surface area contributed by atoms with Crippen LogP contribution in [0.1, 0.15) is 60.3 Å². The van der Waals surface area contributed by atoms with Crippen LogP contribution in [0.2, 0.25) is 0 Å². The Kier molecular flexibility index (Phi) is 10.4. The molecule has 0 spiro atoms. The molecule has 0 aliphatic heterocycles. The Morgan fingerprint density at radius 1 is 1.32 bits per heavy atom. The molecule has 0 saturated heterocycles. The van der Waals surface area contributed by atoms with Gasteiger partial charge in [-0.05, 0) is 45.4 Å². The van der Waals surface area contributed by atoms with Gasteiger partial charge in [0, 0.05) is 5.25 Å². The van der Waals surface area contributed by atoms with E-state index in [1.165, 1.54) is 18.6 Å². The minimum atomic E-state index is -0.551. The van der Waals surface area contributed by atoms with Crippen molar-refractivity contribution in [3.63, 3.8) is 0 Å². The quantitative estimate of drug-likeness (QED) is 0.466. The molecule has 0 aliphatic carbocycles. The lowest BCUT2D eigenvalue weighted by Crippen LogP contribution is -2.52. The van der Waals surface area contributed by atoms with Gasteiger partial charge in [0.2, 0.25) is 0 Å². The molecule has 114 valence electrons. The Balaban J connectivity index is 4.43. The van der Waals surface area contributed by atoms with Gasteiger partial charge in [0.15, 0.2) is 0 Å². The summed E-state index contributed by atoms with van der Waals surface area (Å²) in [7, 11) is 0. The first-order valence-electron chi connectivity index (χ1n) is 7.54. The van der Waals surface area contributed by atoms with Crippen LogP contribution in [0.25, 0.3) is 0 Å². The van der Waals surface area contributed by atoms with Crippen LogP contribution in [-0.4, -0.2) is 35.7 Å². The highest BCUT2D eigenvalue weighted by Crippen LogP contribution is 2.24. The molecule has 2 atom stereocenters. The van der Waals surface area contributed by atoms with Crippen molar-refractivity contribution in [2.45, 2.75) is 71.1 Å². The third-order valence-corrected chi connectivity index (χ3v) is 4.35. The van der Waals surface area contributed by atoms with E-state index in [0.29, 0.717) is 11.9 Å². The van der Waals surface area contributed by atoms with Crippen LogP contribution in [0, 0.1) is 0 Å². The Morgan fingerprint density at radius 3 is 2.53 bits per heavy atom. The second-order valence-corrected chi connectivity index (χ2v) is 6.76. The van der Waals surface area contributed by atoms with Gasteiger partial charge in [-0.15, -0.1) is 0 Å². The summed E-state index contributed by atoms with van der Waals surface area (Å²) in [6, 6.07) is 0. The Bertz CT molecular complexity index is 248. The van der Waals surface area contributed by atoms with E-state index >= 15 is 0 Å². The van der Waals surface area contributed by atoms with Crippen molar-refractivity contribution in [1.29, 1.82) is 0 Å². The Labute approximate surface area is 123 Å². The minimum absolute atomic E-state index is 0.119. The maximum Gasteiger partial charge on any atom is 0.326 e. The van der Waals surface area contributed by atoms with E-state index in [9.17, 15) is 4.79 Å². The lowest BCUT2D eigenvalue weighted by atomic mass is 9.96. The van der Waals surface area contributed by atoms with Crippen LogP contribution >= 0.6 is 11.8 Å². The van der Waals surface area contributed by atoms with Crippen molar-refractivity contribution in [3.8, 4) is 0 Å². The zero-order chi connectivity index (χ0) is 14.7. The second kappa shape index (κ2) is 10.6. The fourth-order valence-electron chi connectivity index (χ4n) is 1.98. The first kappa shape index (κ1) is 18.8. The van der Waals surface area contributed by atoms with E-state index in [2.05, 4.69) is 26.1 Å². The molecule has 19 heavy (non-hydrogen) atoms. The van der Waals surface area contributed by atoms with Gasteiger partial charge < -0.3 is 10.1 Å². The fraction of sp³-hybridized carbons (Fsp3) is 0.933. The van der Waals surface area contributed by atoms with Crippen molar-refractivity contribution in [2.24, 2.45) is 0 Å². The van der Waals surface area contributed by atoms with Crippen molar-refractivity contribution in [3.05, 3.63) is 0 Å². The molecule has 0 aromatic carbocycles. The second-order valence-electron chi connectivity index (χ2n) is 5.22. The number of esters is 1. The molecule has 0 heterocycles. The van der Waals surface area contributed by atoms with Gasteiger partial charge >= 0.3 is 5.97 Å². The predicted molar refractivity (Wildman–Crippen MR) is 84.8 cm³/mol. The van der Waals surface area contributed by atoms with E-state index in [1.54, 1.807) is 0 Å². The lowest BCUT2D eigenvalue weighted by Gasteiger charge is -2.31. The highest BCUT2D eigenvalue weighted by Gasteiger charge is 2.35. The minimum Gasteiger partial charge on any atom is -0.465 e. The zero-order valence-electron chi connectivity index (χ0n) is 13.3. The first-order valence-corrected chi connectivity index (χ1v) is 8.58. The largest absolute Gasteiger partial charge is 0.465 e. The summed E-state index contributed by atoms with van der Waals surface area (Å²) in [6.07, 6.45) is 4.31. The van der Waals surface area contributed by atoms with E-state index in [1.807, 2.05) is 25.6 Å². The SMILES string of the molecule is CCCCSC(C)CC(C)(NCCC)C(=O)OCC. The number of hydrogen-bond donors (Lipinski definition) is 1. The highest BCUT2D eigenvalue weighted by molar-refractivity contribution is 7.99. The summed E-state index contributed by atoms with van der Waals surface area (Å²) in [5, 5.41) is 3.83. The summed E-state index contributed by atoms with van der Waals surface area (Å²) < 4.78 is 5.22. The average molecular weight is 289 g/mol. The van der Waals surface area contributed by atoms with Gasteiger partial charge in [-0.25, -0.2) is 0 Å². The van der Waals surface area contributed by atoms with Crippen LogP contribution < -0.4 is 5.32 Å². The molecule has 2 unspecified atom stereocenters. The molecule has 0 aromatic heterocycles. The molecule has 0 aliphatic rings. The van der Waals surface area contributed by atoms with Crippen molar-refractivity contribution in [2.75, 3.05) is 18.9 Å². The smallest absolute Gasteiger partial charge is 0.326 e. The van der Waals surface area contributed by atoms with Gasteiger partial charge in [0.05, 0.1) is 6.61 Å². The molecule has 0 saturated carbocycles. The van der Waals surface area contributed by atoms with Crippen LogP contribution in [-0.2, 0) is 9.53 Å². The average Bonchev–Trinajstić information content (AvgIpc) is 2.37. The van der Waals surface area contributed by atoms with Crippen molar-refractivity contribution >= 4 is 17.7 Å². The van der Waals surface area contributed by atoms with E-state index in [0.717, 1.165) is 19.4 Å². The number of ether oxygens (including phenoxy) is 1. The molecule has 0 amide bonds. The number of carbonyl (C=O) groups excluding carboxylic acids is 1. The topological polar surface area (TPSA) is 38.3 Å². The van der Waals surface area contributed by atoms with Gasteiger partial charge in [-0.2, -0.15) is 11.8 Å². The van der Waals surface area contributed by atoms with Gasteiger partial charge in [0.25, 0.3) is 0 Å². The molecule has 0 aromatic rings. The molecular formula is C15H31NO2S. The summed E-state index contributed by atoms with van der Waals surface area (Å²) in [4.78, 5) is 12.1. The van der Waals surface area contributed by atoms with Crippen molar-refractivity contribution in [1.82, 2.24) is 5.32 Å². The normalized spacial score (nSPS) is 15.8. The molecule has 3 nitrogen and oxygen atoms in total. The maximum absolute atomic E-state index is 12.1. The van der Waals surface area contributed by atoms with Gasteiger partial charge in [-0.3, -0.25) is 4.79 Å². The van der Waals surface area contributed by atoms with Crippen LogP contribution in [0.4, 0.5) is 0 Å². The molecular weight excluding hydrogens is 258 g/mol. The number of thioether (sulfide) groups is 1. The summed E-state index contributed by atoms with van der Waals surface area (Å²) >= 11 is 1.95. The Hall–Kier alpha value is -0.220. The number of nitrogens with one attached hydrogen (secondary N) is 1. The Morgan fingerprint density at radius 2 is 2.00 bits per heavy atom. The standard InChI is InChI=1S/C15H31NO2S/c1-6-9-11-19-13(4)12-15(5,16-10-7-2)14(17)18-8-3/h13,16H,6-12H2,1-5H3. The molecule has 0 radical (unpaired) electrons. The highest BCUT2D eigenvalue weighted by atomic mass is 32.2. The lowest BCUT2D eigenvalue weighted by molar-refractivity contribution is -0.150. The van der Waals surface area contributed by atoms with Gasteiger partial charge in [-0.1, -0.05) is 27.2 Å². The third-order valence-electron chi connectivity index (χ3n) is 3.09. The first-order chi connectivity index (χ1) is 9.00. The molecule has 0 bridgehead atoms. The predicted octanol–water partition coefficient (Wildman–Crippen LogP) is 3.62. The van der Waals surface area contributed by atoms with E-state index < -0.39 is 5.54 Å². The van der Waals surface area contributed by atoms with Crippen LogP contribution in [0.15, 0.2) is 0 Å². The molecule has 0 rings (SSSR count). The third kappa shape index (κ3) is 7.83. The monoisotopic (exact) mass is 289 g/mol. The van der Waals surface area contributed by atoms with Crippen LogP contribution in [0.3, 0.4) is 0 Å². The molecule has 0 fully saturated rings. The molecule has 1 N–H and O–H groups in total. The number of hydrogen-bond acceptors (Lipinski definition) is 4. The molecule has 4 heteroatoms. The summed E-state index contributed by atoms with van der Waals surface area (Å²) in [6.45, 7) is 11.6. The zero-order valence-corrected chi connectivity index (χ0v) is 14.1. The van der Waals surface area contributed by atoms with E-state index in [-0.39, 0.29) is 5.97 Å². The van der Waals surface area contributed by atoms with E-state index in [4.69, 9.17) is 4.74 Å². The summed E-state index contributed by atoms with van der Waals surface area (Å²) in [5.74, 6) is 1.05. The van der Waals surface area contributed by atoms with Crippen LogP contribution in [0.5, 0.6) is 0 Å². The fourth-order valence-corrected chi connectivity index (χ4v) is 3.29. The number of carbonyl (C=O) groups is 1. The maximum atomic E-state index is 12.1. The van der Waals surface area contributed by atoms with Crippen molar-refractivity contribution < 1.29 is 9.53 Å².